The van der Waals surface area contributed by atoms with E-state index >= 15 is 0 Å². The SMILES string of the molecule is CCN1C(=O)C(Nc2cc(C)ccc2OC)=C(c2ccc(Cl)cc2Cl)C1=O. The number of carbonyl (C=O) groups is 2. The number of aryl methyl sites for hydroxylation is 1. The average molecular weight is 405 g/mol. The Balaban J connectivity index is 2.18. The first-order valence-corrected chi connectivity index (χ1v) is 9.10. The van der Waals surface area contributed by atoms with Crippen LogP contribution < -0.4 is 10.1 Å². The first kappa shape index (κ1) is 19.3. The standard InChI is InChI=1S/C20H18Cl2N2O3/c1-4-24-19(25)17(13-7-6-12(21)10-14(13)22)18(20(24)26)23-15-9-11(2)5-8-16(15)27-3/h5-10,23H,4H2,1-3H3. The van der Waals surface area contributed by atoms with E-state index in [-0.39, 0.29) is 17.8 Å². The van der Waals surface area contributed by atoms with Crippen LogP contribution in [0.2, 0.25) is 10.0 Å². The van der Waals surface area contributed by atoms with E-state index in [1.54, 1.807) is 38.3 Å². The van der Waals surface area contributed by atoms with E-state index < -0.39 is 11.8 Å². The Hall–Kier alpha value is -2.50. The molecule has 0 bridgehead atoms. The number of nitrogens with zero attached hydrogens (tertiary/aromatic N) is 1. The highest BCUT2D eigenvalue weighted by Crippen LogP contribution is 2.36. The zero-order valence-corrected chi connectivity index (χ0v) is 16.6. The summed E-state index contributed by atoms with van der Waals surface area (Å²) >= 11 is 12.3. The third-order valence-electron chi connectivity index (χ3n) is 4.30. The molecule has 0 spiro atoms. The van der Waals surface area contributed by atoms with E-state index in [0.717, 1.165) is 5.56 Å². The van der Waals surface area contributed by atoms with Crippen molar-refractivity contribution < 1.29 is 14.3 Å². The summed E-state index contributed by atoms with van der Waals surface area (Å²) in [4.78, 5) is 26.9. The number of anilines is 1. The van der Waals surface area contributed by atoms with E-state index in [2.05, 4.69) is 5.32 Å². The maximum atomic E-state index is 12.9. The van der Waals surface area contributed by atoms with Gasteiger partial charge in [-0.05, 0) is 43.7 Å². The Labute approximate surface area is 167 Å². The lowest BCUT2D eigenvalue weighted by Crippen LogP contribution is -2.32. The minimum Gasteiger partial charge on any atom is -0.495 e. The Morgan fingerprint density at radius 1 is 1.07 bits per heavy atom. The molecule has 27 heavy (non-hydrogen) atoms. The lowest BCUT2D eigenvalue weighted by molar-refractivity contribution is -0.136. The molecule has 1 aliphatic rings. The van der Waals surface area contributed by atoms with E-state index in [9.17, 15) is 9.59 Å². The van der Waals surface area contributed by atoms with Crippen molar-refractivity contribution in [1.29, 1.82) is 0 Å². The second kappa shape index (κ2) is 7.62. The first-order valence-electron chi connectivity index (χ1n) is 8.35. The van der Waals surface area contributed by atoms with Crippen LogP contribution in [0.4, 0.5) is 5.69 Å². The molecule has 2 aromatic carbocycles. The zero-order valence-electron chi connectivity index (χ0n) is 15.1. The molecule has 0 aromatic heterocycles. The molecule has 0 saturated carbocycles. The number of benzene rings is 2. The van der Waals surface area contributed by atoms with E-state index in [1.165, 1.54) is 4.90 Å². The maximum absolute atomic E-state index is 12.9. The van der Waals surface area contributed by atoms with Gasteiger partial charge in [0.05, 0.1) is 23.4 Å². The van der Waals surface area contributed by atoms with Crippen LogP contribution >= 0.6 is 23.2 Å². The van der Waals surface area contributed by atoms with Crippen molar-refractivity contribution in [3.8, 4) is 5.75 Å². The largest absolute Gasteiger partial charge is 0.495 e. The summed E-state index contributed by atoms with van der Waals surface area (Å²) in [5.74, 6) is -0.252. The van der Waals surface area contributed by atoms with Crippen LogP contribution in [0.5, 0.6) is 5.75 Å². The molecule has 0 unspecified atom stereocenters. The van der Waals surface area contributed by atoms with Crippen molar-refractivity contribution in [2.24, 2.45) is 0 Å². The van der Waals surface area contributed by atoms with Crippen LogP contribution in [0.3, 0.4) is 0 Å². The highest BCUT2D eigenvalue weighted by atomic mass is 35.5. The number of rotatable bonds is 5. The van der Waals surface area contributed by atoms with Crippen LogP contribution in [-0.2, 0) is 9.59 Å². The van der Waals surface area contributed by atoms with Gasteiger partial charge >= 0.3 is 0 Å². The summed E-state index contributed by atoms with van der Waals surface area (Å²) in [6, 6.07) is 10.4. The van der Waals surface area contributed by atoms with Crippen LogP contribution in [-0.4, -0.2) is 30.4 Å². The van der Waals surface area contributed by atoms with Crippen LogP contribution in [0, 0.1) is 6.92 Å². The molecule has 0 saturated heterocycles. The van der Waals surface area contributed by atoms with Crippen molar-refractivity contribution >= 4 is 46.3 Å². The molecule has 0 radical (unpaired) electrons. The normalized spacial score (nSPS) is 14.2. The number of methoxy groups -OCH3 is 1. The Morgan fingerprint density at radius 3 is 2.44 bits per heavy atom. The number of ether oxygens (including phenoxy) is 1. The predicted molar refractivity (Wildman–Crippen MR) is 107 cm³/mol. The fourth-order valence-corrected chi connectivity index (χ4v) is 3.48. The molecular weight excluding hydrogens is 387 g/mol. The molecule has 0 atom stereocenters. The lowest BCUT2D eigenvalue weighted by atomic mass is 10.0. The van der Waals surface area contributed by atoms with E-state index in [0.29, 0.717) is 27.0 Å². The van der Waals surface area contributed by atoms with Gasteiger partial charge in [-0.2, -0.15) is 0 Å². The van der Waals surface area contributed by atoms with E-state index in [4.69, 9.17) is 27.9 Å². The van der Waals surface area contributed by atoms with Crippen LogP contribution in [0.1, 0.15) is 18.1 Å². The first-order chi connectivity index (χ1) is 12.9. The highest BCUT2D eigenvalue weighted by molar-refractivity contribution is 6.41. The zero-order chi connectivity index (χ0) is 19.7. The Morgan fingerprint density at radius 2 is 1.81 bits per heavy atom. The molecule has 2 amide bonds. The number of halogens is 2. The average Bonchev–Trinajstić information content (AvgIpc) is 2.85. The number of amides is 2. The molecule has 0 fully saturated rings. The molecule has 7 heteroatoms. The van der Waals surface area contributed by atoms with Crippen molar-refractivity contribution in [2.75, 3.05) is 19.0 Å². The molecule has 140 valence electrons. The van der Waals surface area contributed by atoms with Crippen molar-refractivity contribution in [3.63, 3.8) is 0 Å². The van der Waals surface area contributed by atoms with Gasteiger partial charge in [0.2, 0.25) is 0 Å². The Kier molecular flexibility index (Phi) is 5.44. The summed E-state index contributed by atoms with van der Waals surface area (Å²) in [6.45, 7) is 3.92. The number of carbonyl (C=O) groups excluding carboxylic acids is 2. The highest BCUT2D eigenvalue weighted by Gasteiger charge is 2.39. The fourth-order valence-electron chi connectivity index (χ4n) is 2.98. The topological polar surface area (TPSA) is 58.6 Å². The molecular formula is C20H18Cl2N2O3. The van der Waals surface area contributed by atoms with Gasteiger partial charge in [-0.3, -0.25) is 14.5 Å². The lowest BCUT2D eigenvalue weighted by Gasteiger charge is -2.14. The number of hydrogen-bond donors (Lipinski definition) is 1. The summed E-state index contributed by atoms with van der Waals surface area (Å²) in [6.07, 6.45) is 0. The van der Waals surface area contributed by atoms with Gasteiger partial charge < -0.3 is 10.1 Å². The smallest absolute Gasteiger partial charge is 0.278 e. The van der Waals surface area contributed by atoms with Gasteiger partial charge in [-0.15, -0.1) is 0 Å². The number of nitrogens with one attached hydrogen (secondary N) is 1. The summed E-state index contributed by atoms with van der Waals surface area (Å²) in [5.41, 5.74) is 2.40. The number of imide groups is 1. The third kappa shape index (κ3) is 3.53. The predicted octanol–water partition coefficient (Wildman–Crippen LogP) is 4.52. The van der Waals surface area contributed by atoms with Crippen molar-refractivity contribution in [2.45, 2.75) is 13.8 Å². The minimum absolute atomic E-state index is 0.162. The maximum Gasteiger partial charge on any atom is 0.278 e. The number of likely N-dealkylation sites (N-methyl/N-ethyl adjacent to an activating group) is 1. The van der Waals surface area contributed by atoms with Gasteiger partial charge in [0.1, 0.15) is 11.4 Å². The van der Waals surface area contributed by atoms with Gasteiger partial charge in [0.15, 0.2) is 0 Å². The molecule has 2 aromatic rings. The van der Waals surface area contributed by atoms with Gasteiger partial charge in [0.25, 0.3) is 11.8 Å². The quantitative estimate of drug-likeness (QED) is 0.744. The van der Waals surface area contributed by atoms with Gasteiger partial charge in [-0.25, -0.2) is 0 Å². The monoisotopic (exact) mass is 404 g/mol. The van der Waals surface area contributed by atoms with E-state index in [1.807, 2.05) is 19.1 Å². The van der Waals surface area contributed by atoms with Crippen molar-refractivity contribution in [1.82, 2.24) is 4.90 Å². The molecule has 1 heterocycles. The summed E-state index contributed by atoms with van der Waals surface area (Å²) in [7, 11) is 1.54. The summed E-state index contributed by atoms with van der Waals surface area (Å²) < 4.78 is 5.37. The molecule has 1 N–H and O–H groups in total. The van der Waals surface area contributed by atoms with Crippen LogP contribution in [0.25, 0.3) is 5.57 Å². The second-order valence-electron chi connectivity index (χ2n) is 6.06. The molecule has 3 rings (SSSR count). The Bertz CT molecular complexity index is 970. The molecule has 5 nitrogen and oxygen atoms in total. The van der Waals surface area contributed by atoms with Crippen LogP contribution in [0.15, 0.2) is 42.1 Å². The van der Waals surface area contributed by atoms with Gasteiger partial charge in [-0.1, -0.05) is 35.3 Å². The minimum atomic E-state index is -0.410. The third-order valence-corrected chi connectivity index (χ3v) is 4.85. The molecule has 0 aliphatic carbocycles. The fraction of sp³-hybridized carbons (Fsp3) is 0.200. The molecule has 1 aliphatic heterocycles. The second-order valence-corrected chi connectivity index (χ2v) is 6.90. The number of hydrogen-bond acceptors (Lipinski definition) is 4. The van der Waals surface area contributed by atoms with Gasteiger partial charge in [0, 0.05) is 17.1 Å². The van der Waals surface area contributed by atoms with Crippen molar-refractivity contribution in [3.05, 3.63) is 63.3 Å². The summed E-state index contributed by atoms with van der Waals surface area (Å²) in [5, 5.41) is 3.83.